The van der Waals surface area contributed by atoms with Gasteiger partial charge in [-0.2, -0.15) is 0 Å². The van der Waals surface area contributed by atoms with E-state index >= 15 is 0 Å². The minimum atomic E-state index is 0.186. The van der Waals surface area contributed by atoms with Gasteiger partial charge in [-0.25, -0.2) is 0 Å². The molecule has 0 fully saturated rings. The lowest BCUT2D eigenvalue weighted by Crippen LogP contribution is -2.33. The third-order valence-corrected chi connectivity index (χ3v) is 3.79. The van der Waals surface area contributed by atoms with Gasteiger partial charge in [0.05, 0.1) is 6.54 Å². The van der Waals surface area contributed by atoms with Crippen LogP contribution in [0.5, 0.6) is 5.75 Å². The van der Waals surface area contributed by atoms with E-state index in [1.54, 1.807) is 0 Å². The topological polar surface area (TPSA) is 55.6 Å². The summed E-state index contributed by atoms with van der Waals surface area (Å²) in [6, 6.07) is 3.99. The molecule has 0 aliphatic carbocycles. The quantitative estimate of drug-likeness (QED) is 0.920. The van der Waals surface area contributed by atoms with E-state index in [1.807, 2.05) is 17.0 Å². The molecular formula is C15H21BrN2O2. The van der Waals surface area contributed by atoms with Gasteiger partial charge in [0, 0.05) is 35.1 Å². The number of fused-ring (bicyclic) bond motifs is 1. The summed E-state index contributed by atoms with van der Waals surface area (Å²) in [7, 11) is 0. The van der Waals surface area contributed by atoms with Gasteiger partial charge in [-0.3, -0.25) is 4.79 Å². The zero-order valence-electron chi connectivity index (χ0n) is 12.0. The maximum absolute atomic E-state index is 12.2. The molecule has 0 saturated heterocycles. The van der Waals surface area contributed by atoms with E-state index in [2.05, 4.69) is 29.8 Å². The fourth-order valence-corrected chi connectivity index (χ4v) is 2.95. The third-order valence-electron chi connectivity index (χ3n) is 3.33. The second kappa shape index (κ2) is 6.59. The van der Waals surface area contributed by atoms with Crippen molar-refractivity contribution in [3.63, 3.8) is 0 Å². The van der Waals surface area contributed by atoms with Gasteiger partial charge in [-0.05, 0) is 18.1 Å². The number of ether oxygens (including phenoxy) is 1. The number of halogens is 1. The van der Waals surface area contributed by atoms with Crippen LogP contribution >= 0.6 is 15.9 Å². The van der Waals surface area contributed by atoms with Crippen molar-refractivity contribution in [3.8, 4) is 5.75 Å². The highest BCUT2D eigenvalue weighted by molar-refractivity contribution is 9.10. The molecule has 0 atom stereocenters. The van der Waals surface area contributed by atoms with Crippen LogP contribution in [-0.2, 0) is 17.9 Å². The first-order valence-electron chi connectivity index (χ1n) is 6.93. The predicted octanol–water partition coefficient (Wildman–Crippen LogP) is 2.67. The Hall–Kier alpha value is -1.07. The average Bonchev–Trinajstić information content (AvgIpc) is 2.59. The maximum atomic E-state index is 12.2. The lowest BCUT2D eigenvalue weighted by Gasteiger charge is -2.21. The first-order valence-corrected chi connectivity index (χ1v) is 7.72. The molecule has 1 aliphatic heterocycles. The number of carbonyl (C=O) groups excluding carboxylic acids is 1. The summed E-state index contributed by atoms with van der Waals surface area (Å²) < 4.78 is 6.79. The van der Waals surface area contributed by atoms with Crippen LogP contribution in [0.1, 0.15) is 31.4 Å². The lowest BCUT2D eigenvalue weighted by molar-refractivity contribution is -0.132. The Labute approximate surface area is 128 Å². The fourth-order valence-electron chi connectivity index (χ4n) is 2.40. The van der Waals surface area contributed by atoms with Crippen molar-refractivity contribution in [1.82, 2.24) is 4.90 Å². The molecule has 0 radical (unpaired) electrons. The number of nitrogens with zero attached hydrogens (tertiary/aromatic N) is 1. The molecule has 0 aromatic heterocycles. The van der Waals surface area contributed by atoms with Crippen molar-refractivity contribution < 1.29 is 9.53 Å². The zero-order chi connectivity index (χ0) is 14.7. The molecule has 0 bridgehead atoms. The molecule has 1 aromatic rings. The maximum Gasteiger partial charge on any atom is 0.223 e. The average molecular weight is 341 g/mol. The van der Waals surface area contributed by atoms with E-state index in [0.717, 1.165) is 21.3 Å². The van der Waals surface area contributed by atoms with Crippen LogP contribution in [0.2, 0.25) is 0 Å². The Bertz CT molecular complexity index is 503. The minimum Gasteiger partial charge on any atom is -0.491 e. The summed E-state index contributed by atoms with van der Waals surface area (Å²) in [6.07, 6.45) is 0.576. The molecule has 1 aliphatic rings. The highest BCUT2D eigenvalue weighted by Gasteiger charge is 2.22. The van der Waals surface area contributed by atoms with Crippen LogP contribution in [0, 0.1) is 5.92 Å². The summed E-state index contributed by atoms with van der Waals surface area (Å²) in [6.45, 7) is 6.29. The highest BCUT2D eigenvalue weighted by Crippen LogP contribution is 2.31. The largest absolute Gasteiger partial charge is 0.491 e. The first kappa shape index (κ1) is 15.3. The van der Waals surface area contributed by atoms with Crippen LogP contribution < -0.4 is 10.5 Å². The minimum absolute atomic E-state index is 0.186. The number of carbonyl (C=O) groups is 1. The van der Waals surface area contributed by atoms with Crippen LogP contribution in [0.25, 0.3) is 0 Å². The van der Waals surface area contributed by atoms with Crippen molar-refractivity contribution in [2.75, 3.05) is 13.2 Å². The molecule has 20 heavy (non-hydrogen) atoms. The van der Waals surface area contributed by atoms with Crippen molar-refractivity contribution >= 4 is 21.8 Å². The zero-order valence-corrected chi connectivity index (χ0v) is 13.6. The van der Waals surface area contributed by atoms with Gasteiger partial charge < -0.3 is 15.4 Å². The van der Waals surface area contributed by atoms with Gasteiger partial charge in [-0.1, -0.05) is 29.8 Å². The third kappa shape index (κ3) is 3.52. The van der Waals surface area contributed by atoms with E-state index in [1.165, 1.54) is 0 Å². The molecule has 4 nitrogen and oxygen atoms in total. The van der Waals surface area contributed by atoms with Crippen molar-refractivity contribution in [2.24, 2.45) is 11.7 Å². The molecule has 1 heterocycles. The number of rotatable bonds is 3. The Balaban J connectivity index is 2.25. The summed E-state index contributed by atoms with van der Waals surface area (Å²) in [5.41, 5.74) is 7.77. The Morgan fingerprint density at radius 2 is 2.25 bits per heavy atom. The normalized spacial score (nSPS) is 14.8. The molecule has 2 rings (SSSR count). The number of benzene rings is 1. The number of amides is 1. The summed E-state index contributed by atoms with van der Waals surface area (Å²) in [5, 5.41) is 0. The second-order valence-electron chi connectivity index (χ2n) is 5.52. The molecule has 1 amide bonds. The predicted molar refractivity (Wildman–Crippen MR) is 82.4 cm³/mol. The van der Waals surface area contributed by atoms with Crippen LogP contribution in [-0.4, -0.2) is 24.0 Å². The smallest absolute Gasteiger partial charge is 0.223 e. The van der Waals surface area contributed by atoms with Crippen molar-refractivity contribution in [1.29, 1.82) is 0 Å². The van der Waals surface area contributed by atoms with E-state index in [4.69, 9.17) is 10.5 Å². The summed E-state index contributed by atoms with van der Waals surface area (Å²) in [5.74, 6) is 1.40. The SMILES string of the molecule is CC(C)CC(=O)N1CCOc2c(CN)cc(Br)cc2C1. The molecule has 0 unspecified atom stereocenters. The van der Waals surface area contributed by atoms with Crippen molar-refractivity contribution in [3.05, 3.63) is 27.7 Å². The molecule has 2 N–H and O–H groups in total. The van der Waals surface area contributed by atoms with Gasteiger partial charge >= 0.3 is 0 Å². The van der Waals surface area contributed by atoms with Gasteiger partial charge in [0.15, 0.2) is 0 Å². The molecule has 5 heteroatoms. The van der Waals surface area contributed by atoms with Gasteiger partial charge in [0.1, 0.15) is 12.4 Å². The Morgan fingerprint density at radius 3 is 2.90 bits per heavy atom. The van der Waals surface area contributed by atoms with Crippen LogP contribution in [0.3, 0.4) is 0 Å². The lowest BCUT2D eigenvalue weighted by atomic mass is 10.1. The number of hydrogen-bond donors (Lipinski definition) is 1. The number of hydrogen-bond acceptors (Lipinski definition) is 3. The Morgan fingerprint density at radius 1 is 1.50 bits per heavy atom. The fraction of sp³-hybridized carbons (Fsp3) is 0.533. The second-order valence-corrected chi connectivity index (χ2v) is 6.43. The van der Waals surface area contributed by atoms with Gasteiger partial charge in [-0.15, -0.1) is 0 Å². The van der Waals surface area contributed by atoms with Crippen LogP contribution in [0.15, 0.2) is 16.6 Å². The Kier molecular flexibility index (Phi) is 5.05. The monoisotopic (exact) mass is 340 g/mol. The first-order chi connectivity index (χ1) is 9.51. The molecule has 0 saturated carbocycles. The highest BCUT2D eigenvalue weighted by atomic mass is 79.9. The van der Waals surface area contributed by atoms with E-state index < -0.39 is 0 Å². The van der Waals surface area contributed by atoms with Gasteiger partial charge in [0.25, 0.3) is 0 Å². The van der Waals surface area contributed by atoms with Crippen LogP contribution in [0.4, 0.5) is 0 Å². The van der Waals surface area contributed by atoms with E-state index in [9.17, 15) is 4.79 Å². The molecule has 110 valence electrons. The van der Waals surface area contributed by atoms with E-state index in [0.29, 0.717) is 38.6 Å². The molecule has 0 spiro atoms. The summed E-state index contributed by atoms with van der Waals surface area (Å²) in [4.78, 5) is 14.1. The standard InChI is InChI=1S/C15H21BrN2O2/c1-10(2)5-14(19)18-3-4-20-15-11(8-17)6-13(16)7-12(15)9-18/h6-7,10H,3-5,8-9,17H2,1-2H3. The van der Waals surface area contributed by atoms with E-state index in [-0.39, 0.29) is 5.91 Å². The van der Waals surface area contributed by atoms with Crippen molar-refractivity contribution in [2.45, 2.75) is 33.4 Å². The summed E-state index contributed by atoms with van der Waals surface area (Å²) >= 11 is 3.49. The van der Waals surface area contributed by atoms with Gasteiger partial charge in [0.2, 0.25) is 5.91 Å². The number of nitrogens with two attached hydrogens (primary N) is 1. The molecular weight excluding hydrogens is 320 g/mol. The molecule has 1 aromatic carbocycles.